The largest absolute Gasteiger partial charge is 0.488 e. The van der Waals surface area contributed by atoms with Gasteiger partial charge in [0.2, 0.25) is 0 Å². The Morgan fingerprint density at radius 3 is 2.23 bits per heavy atom. The van der Waals surface area contributed by atoms with Crippen LogP contribution in [0, 0.1) is 0 Å². The number of ether oxygens (including phenoxy) is 1. The van der Waals surface area contributed by atoms with Crippen molar-refractivity contribution in [3.05, 3.63) is 102 Å². The minimum atomic E-state index is -0.532. The number of nitrogens with zero attached hydrogens (tertiary/aromatic N) is 1. The highest BCUT2D eigenvalue weighted by Gasteiger charge is 2.34. The van der Waals surface area contributed by atoms with E-state index >= 15 is 0 Å². The zero-order chi connectivity index (χ0) is 20.9. The van der Waals surface area contributed by atoms with Gasteiger partial charge in [0.1, 0.15) is 17.9 Å². The summed E-state index contributed by atoms with van der Waals surface area (Å²) in [5.74, 6) is -0.434. The van der Waals surface area contributed by atoms with Crippen LogP contribution in [0.4, 0.5) is 5.69 Å². The maximum atomic E-state index is 13.1. The molecule has 0 unspecified atom stereocenters. The number of para-hydroxylation sites is 2. The first-order valence-corrected chi connectivity index (χ1v) is 9.76. The molecule has 0 aliphatic carbocycles. The van der Waals surface area contributed by atoms with Crippen molar-refractivity contribution < 1.29 is 14.3 Å². The van der Waals surface area contributed by atoms with Gasteiger partial charge in [-0.15, -0.1) is 0 Å². The number of rotatable bonds is 5. The molecule has 1 aliphatic rings. The van der Waals surface area contributed by atoms with Crippen molar-refractivity contribution in [3.8, 4) is 5.75 Å². The fourth-order valence-electron chi connectivity index (χ4n) is 3.09. The third-order valence-electron chi connectivity index (χ3n) is 4.57. The van der Waals surface area contributed by atoms with E-state index in [1.54, 1.807) is 36.4 Å². The van der Waals surface area contributed by atoms with Gasteiger partial charge in [-0.05, 0) is 42.1 Å². The van der Waals surface area contributed by atoms with E-state index in [0.717, 1.165) is 5.56 Å². The molecule has 30 heavy (non-hydrogen) atoms. The molecule has 1 N–H and O–H groups in total. The van der Waals surface area contributed by atoms with Crippen LogP contribution in [0.15, 0.2) is 90.5 Å². The lowest BCUT2D eigenvalue weighted by Crippen LogP contribution is -2.54. The summed E-state index contributed by atoms with van der Waals surface area (Å²) in [7, 11) is 0. The van der Waals surface area contributed by atoms with Crippen molar-refractivity contribution in [2.75, 3.05) is 4.90 Å². The van der Waals surface area contributed by atoms with Crippen molar-refractivity contribution in [2.24, 2.45) is 0 Å². The van der Waals surface area contributed by atoms with Crippen molar-refractivity contribution in [1.82, 2.24) is 5.32 Å². The second-order valence-corrected chi connectivity index (χ2v) is 6.99. The Balaban J connectivity index is 1.64. The molecule has 0 aromatic heterocycles. The first kappa shape index (κ1) is 19.5. The first-order valence-electron chi connectivity index (χ1n) is 9.36. The fourth-order valence-corrected chi connectivity index (χ4v) is 3.37. The van der Waals surface area contributed by atoms with E-state index in [1.807, 2.05) is 48.5 Å². The quantitative estimate of drug-likeness (QED) is 0.388. The smallest absolute Gasteiger partial charge is 0.270 e. The van der Waals surface area contributed by atoms with Crippen LogP contribution >= 0.6 is 12.2 Å². The first-order chi connectivity index (χ1) is 14.6. The molecule has 0 bridgehead atoms. The SMILES string of the molecule is O=C1NC(=S)N(c2ccccc2)C(=O)/C1=C\c1ccccc1OCc1ccccc1. The number of amides is 2. The summed E-state index contributed by atoms with van der Waals surface area (Å²) in [6.07, 6.45) is 1.54. The maximum absolute atomic E-state index is 13.1. The normalized spacial score (nSPS) is 15.3. The molecule has 148 valence electrons. The van der Waals surface area contributed by atoms with Gasteiger partial charge in [-0.25, -0.2) is 0 Å². The number of hydrogen-bond donors (Lipinski definition) is 1. The monoisotopic (exact) mass is 414 g/mol. The molecule has 3 aromatic rings. The third-order valence-corrected chi connectivity index (χ3v) is 4.86. The van der Waals surface area contributed by atoms with Crippen LogP contribution in [0.25, 0.3) is 6.08 Å². The highest BCUT2D eigenvalue weighted by molar-refractivity contribution is 7.80. The maximum Gasteiger partial charge on any atom is 0.270 e. The lowest BCUT2D eigenvalue weighted by molar-refractivity contribution is -0.122. The van der Waals surface area contributed by atoms with Crippen LogP contribution < -0.4 is 15.0 Å². The number of anilines is 1. The van der Waals surface area contributed by atoms with Gasteiger partial charge >= 0.3 is 0 Å². The highest BCUT2D eigenvalue weighted by atomic mass is 32.1. The number of carbonyl (C=O) groups is 2. The molecule has 1 saturated heterocycles. The Labute approximate surface area is 179 Å². The van der Waals surface area contributed by atoms with E-state index in [-0.39, 0.29) is 10.7 Å². The van der Waals surface area contributed by atoms with Crippen LogP contribution in [-0.2, 0) is 16.2 Å². The summed E-state index contributed by atoms with van der Waals surface area (Å²) >= 11 is 5.22. The van der Waals surface area contributed by atoms with Gasteiger partial charge in [0.05, 0.1) is 5.69 Å². The molecule has 0 spiro atoms. The fraction of sp³-hybridized carbons (Fsp3) is 0.0417. The van der Waals surface area contributed by atoms with Crippen molar-refractivity contribution >= 4 is 40.9 Å². The van der Waals surface area contributed by atoms with E-state index in [0.29, 0.717) is 23.6 Å². The predicted octanol–water partition coefficient (Wildman–Crippen LogP) is 4.10. The van der Waals surface area contributed by atoms with Crippen molar-refractivity contribution in [3.63, 3.8) is 0 Å². The molecule has 1 heterocycles. The molecule has 0 atom stereocenters. The van der Waals surface area contributed by atoms with Crippen LogP contribution in [0.3, 0.4) is 0 Å². The summed E-state index contributed by atoms with van der Waals surface area (Å²) in [4.78, 5) is 27.0. The van der Waals surface area contributed by atoms with E-state index in [9.17, 15) is 9.59 Å². The molecule has 2 amide bonds. The number of thiocarbonyl (C=S) groups is 1. The van der Waals surface area contributed by atoms with E-state index in [4.69, 9.17) is 17.0 Å². The average Bonchev–Trinajstić information content (AvgIpc) is 2.77. The number of hydrogen-bond acceptors (Lipinski definition) is 4. The van der Waals surface area contributed by atoms with E-state index in [2.05, 4.69) is 5.32 Å². The summed E-state index contributed by atoms with van der Waals surface area (Å²) < 4.78 is 5.94. The Morgan fingerprint density at radius 2 is 1.50 bits per heavy atom. The second kappa shape index (κ2) is 8.71. The Hall–Kier alpha value is -3.77. The van der Waals surface area contributed by atoms with Gasteiger partial charge in [0.25, 0.3) is 11.8 Å². The third kappa shape index (κ3) is 4.14. The standard InChI is InChI=1S/C24H18N2O3S/c27-22-20(23(28)26(24(30)25-22)19-12-5-2-6-13-19)15-18-11-7-8-14-21(18)29-16-17-9-3-1-4-10-17/h1-15H,16H2,(H,25,27,30)/b20-15-. The zero-order valence-electron chi connectivity index (χ0n) is 15.9. The summed E-state index contributed by atoms with van der Waals surface area (Å²) in [5.41, 5.74) is 2.23. The Morgan fingerprint density at radius 1 is 0.867 bits per heavy atom. The lowest BCUT2D eigenvalue weighted by Gasteiger charge is -2.28. The van der Waals surface area contributed by atoms with Crippen LogP contribution in [0.2, 0.25) is 0 Å². The minimum absolute atomic E-state index is 0.0109. The lowest BCUT2D eigenvalue weighted by atomic mass is 10.1. The summed E-state index contributed by atoms with van der Waals surface area (Å²) in [5, 5.41) is 2.65. The summed E-state index contributed by atoms with van der Waals surface area (Å²) in [6, 6.07) is 26.0. The number of benzene rings is 3. The second-order valence-electron chi connectivity index (χ2n) is 6.61. The molecular formula is C24H18N2O3S. The molecular weight excluding hydrogens is 396 g/mol. The van der Waals surface area contributed by atoms with Gasteiger partial charge in [0.15, 0.2) is 5.11 Å². The molecule has 0 radical (unpaired) electrons. The average molecular weight is 414 g/mol. The van der Waals surface area contributed by atoms with E-state index in [1.165, 1.54) is 11.0 Å². The van der Waals surface area contributed by atoms with Crippen LogP contribution in [0.1, 0.15) is 11.1 Å². The number of nitrogens with one attached hydrogen (secondary N) is 1. The van der Waals surface area contributed by atoms with E-state index < -0.39 is 11.8 Å². The molecule has 3 aromatic carbocycles. The van der Waals surface area contributed by atoms with Crippen LogP contribution in [0.5, 0.6) is 5.75 Å². The van der Waals surface area contributed by atoms with Crippen molar-refractivity contribution in [1.29, 1.82) is 0 Å². The van der Waals surface area contributed by atoms with Gasteiger partial charge in [-0.3, -0.25) is 19.8 Å². The molecule has 1 aliphatic heterocycles. The van der Waals surface area contributed by atoms with Gasteiger partial charge < -0.3 is 4.74 Å². The number of carbonyl (C=O) groups excluding carboxylic acids is 2. The Kier molecular flexibility index (Phi) is 5.68. The predicted molar refractivity (Wildman–Crippen MR) is 120 cm³/mol. The minimum Gasteiger partial charge on any atom is -0.488 e. The molecule has 1 fully saturated rings. The molecule has 5 nitrogen and oxygen atoms in total. The molecule has 0 saturated carbocycles. The van der Waals surface area contributed by atoms with Gasteiger partial charge in [-0.1, -0.05) is 66.7 Å². The molecule has 4 rings (SSSR count). The summed E-state index contributed by atoms with van der Waals surface area (Å²) in [6.45, 7) is 0.376. The van der Waals surface area contributed by atoms with Gasteiger partial charge in [0, 0.05) is 5.56 Å². The highest BCUT2D eigenvalue weighted by Crippen LogP contribution is 2.26. The van der Waals surface area contributed by atoms with Gasteiger partial charge in [-0.2, -0.15) is 0 Å². The Bertz CT molecular complexity index is 1130. The van der Waals surface area contributed by atoms with Crippen molar-refractivity contribution in [2.45, 2.75) is 6.61 Å². The molecule has 6 heteroatoms. The topological polar surface area (TPSA) is 58.6 Å². The zero-order valence-corrected chi connectivity index (χ0v) is 16.8. The van der Waals surface area contributed by atoms with Crippen LogP contribution in [-0.4, -0.2) is 16.9 Å².